The Labute approximate surface area is 81.9 Å². The van der Waals surface area contributed by atoms with E-state index in [1.807, 2.05) is 20.8 Å². The number of rotatable bonds is 8. The molecule has 0 saturated heterocycles. The van der Waals surface area contributed by atoms with Crippen molar-refractivity contribution in [2.75, 3.05) is 13.2 Å². The largest absolute Gasteiger partial charge is 0.499 e. The smallest absolute Gasteiger partial charge is 0.0922 e. The van der Waals surface area contributed by atoms with Crippen LogP contribution in [-0.4, -0.2) is 19.3 Å². The van der Waals surface area contributed by atoms with E-state index in [1.165, 1.54) is 6.42 Å². The van der Waals surface area contributed by atoms with Gasteiger partial charge < -0.3 is 9.47 Å². The van der Waals surface area contributed by atoms with Crippen molar-refractivity contribution in [3.05, 3.63) is 12.3 Å². The zero-order valence-electron chi connectivity index (χ0n) is 9.08. The van der Waals surface area contributed by atoms with Crippen LogP contribution in [0.15, 0.2) is 12.3 Å². The van der Waals surface area contributed by atoms with E-state index in [9.17, 15) is 0 Å². The minimum Gasteiger partial charge on any atom is -0.499 e. The molecule has 0 fully saturated rings. The lowest BCUT2D eigenvalue weighted by Crippen LogP contribution is -1.95. The second-order valence-electron chi connectivity index (χ2n) is 3.25. The predicted molar refractivity (Wildman–Crippen MR) is 55.7 cm³/mol. The molecule has 78 valence electrons. The van der Waals surface area contributed by atoms with E-state index < -0.39 is 0 Å². The topological polar surface area (TPSA) is 18.5 Å². The van der Waals surface area contributed by atoms with Gasteiger partial charge in [-0.05, 0) is 46.1 Å². The van der Waals surface area contributed by atoms with Gasteiger partial charge in [-0.3, -0.25) is 0 Å². The van der Waals surface area contributed by atoms with Gasteiger partial charge in [0.25, 0.3) is 0 Å². The summed E-state index contributed by atoms with van der Waals surface area (Å²) in [5, 5.41) is 0. The van der Waals surface area contributed by atoms with Gasteiger partial charge in [0.05, 0.1) is 12.4 Å². The molecule has 0 bridgehead atoms. The fraction of sp³-hybridized carbons (Fsp3) is 0.818. The molecule has 13 heavy (non-hydrogen) atoms. The molecular formula is C11H22O2. The first kappa shape index (κ1) is 12.5. The molecule has 2 nitrogen and oxygen atoms in total. The molecule has 0 radical (unpaired) electrons. The van der Waals surface area contributed by atoms with Gasteiger partial charge >= 0.3 is 0 Å². The fourth-order valence-electron chi connectivity index (χ4n) is 0.891. The van der Waals surface area contributed by atoms with Crippen LogP contribution in [0.5, 0.6) is 0 Å². The lowest BCUT2D eigenvalue weighted by Gasteiger charge is -2.02. The van der Waals surface area contributed by atoms with Crippen molar-refractivity contribution < 1.29 is 9.47 Å². The SMILES string of the molecule is CCOCCCCC=COC(C)C. The number of hydrogen-bond donors (Lipinski definition) is 0. The van der Waals surface area contributed by atoms with Gasteiger partial charge in [0, 0.05) is 13.2 Å². The second kappa shape index (κ2) is 9.59. The standard InChI is InChI=1S/C11H22O2/c1-4-12-9-7-5-6-8-10-13-11(2)3/h8,10-11H,4-7,9H2,1-3H3. The Morgan fingerprint density at radius 1 is 1.23 bits per heavy atom. The number of allylic oxidation sites excluding steroid dienone is 1. The maximum absolute atomic E-state index is 5.26. The van der Waals surface area contributed by atoms with E-state index in [0.717, 1.165) is 26.1 Å². The summed E-state index contributed by atoms with van der Waals surface area (Å²) < 4.78 is 10.5. The van der Waals surface area contributed by atoms with Crippen molar-refractivity contribution in [2.45, 2.75) is 46.1 Å². The zero-order valence-corrected chi connectivity index (χ0v) is 9.08. The molecule has 0 rings (SSSR count). The third-order valence-corrected chi connectivity index (χ3v) is 1.56. The predicted octanol–water partition coefficient (Wildman–Crippen LogP) is 3.13. The van der Waals surface area contributed by atoms with Crippen LogP contribution in [0, 0.1) is 0 Å². The van der Waals surface area contributed by atoms with Crippen molar-refractivity contribution in [1.82, 2.24) is 0 Å². The maximum atomic E-state index is 5.26. The van der Waals surface area contributed by atoms with Crippen LogP contribution in [0.4, 0.5) is 0 Å². The first-order valence-electron chi connectivity index (χ1n) is 5.15. The van der Waals surface area contributed by atoms with Crippen molar-refractivity contribution in [3.63, 3.8) is 0 Å². The molecule has 0 heterocycles. The molecule has 0 aliphatic carbocycles. The highest BCUT2D eigenvalue weighted by atomic mass is 16.5. The molecule has 0 spiro atoms. The van der Waals surface area contributed by atoms with Gasteiger partial charge in [-0.2, -0.15) is 0 Å². The summed E-state index contributed by atoms with van der Waals surface area (Å²) in [5.74, 6) is 0. The highest BCUT2D eigenvalue weighted by Crippen LogP contribution is 1.98. The Morgan fingerprint density at radius 3 is 2.62 bits per heavy atom. The van der Waals surface area contributed by atoms with Gasteiger partial charge in [0.15, 0.2) is 0 Å². The van der Waals surface area contributed by atoms with Crippen LogP contribution in [0.2, 0.25) is 0 Å². The fourth-order valence-corrected chi connectivity index (χ4v) is 0.891. The Hall–Kier alpha value is -0.500. The molecule has 0 aromatic rings. The third-order valence-electron chi connectivity index (χ3n) is 1.56. The van der Waals surface area contributed by atoms with E-state index in [-0.39, 0.29) is 0 Å². The molecule has 2 heteroatoms. The average molecular weight is 186 g/mol. The molecule has 0 amide bonds. The molecule has 0 atom stereocenters. The highest BCUT2D eigenvalue weighted by Gasteiger charge is 1.87. The quantitative estimate of drug-likeness (QED) is 0.428. The summed E-state index contributed by atoms with van der Waals surface area (Å²) in [6.45, 7) is 7.79. The molecule has 0 aromatic heterocycles. The molecular weight excluding hydrogens is 164 g/mol. The van der Waals surface area contributed by atoms with E-state index >= 15 is 0 Å². The van der Waals surface area contributed by atoms with Gasteiger partial charge in [-0.15, -0.1) is 0 Å². The minimum absolute atomic E-state index is 0.291. The number of ether oxygens (including phenoxy) is 2. The van der Waals surface area contributed by atoms with Crippen LogP contribution < -0.4 is 0 Å². The third kappa shape index (κ3) is 11.5. The van der Waals surface area contributed by atoms with Crippen LogP contribution in [0.3, 0.4) is 0 Å². The second-order valence-corrected chi connectivity index (χ2v) is 3.25. The van der Waals surface area contributed by atoms with Crippen molar-refractivity contribution in [3.8, 4) is 0 Å². The van der Waals surface area contributed by atoms with Crippen molar-refractivity contribution >= 4 is 0 Å². The lowest BCUT2D eigenvalue weighted by atomic mass is 10.2. The minimum atomic E-state index is 0.291. The highest BCUT2D eigenvalue weighted by molar-refractivity contribution is 4.73. The molecule has 0 N–H and O–H groups in total. The van der Waals surface area contributed by atoms with Crippen molar-refractivity contribution in [1.29, 1.82) is 0 Å². The summed E-state index contributed by atoms with van der Waals surface area (Å²) in [6.07, 6.45) is 7.56. The Kier molecular flexibility index (Phi) is 9.22. The maximum Gasteiger partial charge on any atom is 0.0922 e. The normalized spacial score (nSPS) is 11.4. The molecule has 0 saturated carbocycles. The van der Waals surface area contributed by atoms with E-state index in [0.29, 0.717) is 6.10 Å². The Bertz CT molecular complexity index is 119. The first-order chi connectivity index (χ1) is 6.27. The average Bonchev–Trinajstić information content (AvgIpc) is 2.09. The van der Waals surface area contributed by atoms with E-state index in [1.54, 1.807) is 6.26 Å². The van der Waals surface area contributed by atoms with Crippen LogP contribution >= 0.6 is 0 Å². The van der Waals surface area contributed by atoms with E-state index in [2.05, 4.69) is 6.08 Å². The summed E-state index contributed by atoms with van der Waals surface area (Å²) in [6, 6.07) is 0. The van der Waals surface area contributed by atoms with Gasteiger partial charge in [-0.25, -0.2) is 0 Å². The van der Waals surface area contributed by atoms with E-state index in [4.69, 9.17) is 9.47 Å². The lowest BCUT2D eigenvalue weighted by molar-refractivity contribution is 0.143. The Balaban J connectivity index is 3.02. The van der Waals surface area contributed by atoms with Crippen LogP contribution in [0.25, 0.3) is 0 Å². The first-order valence-corrected chi connectivity index (χ1v) is 5.15. The van der Waals surface area contributed by atoms with Gasteiger partial charge in [-0.1, -0.05) is 0 Å². The molecule has 0 unspecified atom stereocenters. The summed E-state index contributed by atoms with van der Waals surface area (Å²) in [7, 11) is 0. The Morgan fingerprint density at radius 2 is 2.00 bits per heavy atom. The van der Waals surface area contributed by atoms with Crippen molar-refractivity contribution in [2.24, 2.45) is 0 Å². The molecule has 0 aliphatic rings. The zero-order chi connectivity index (χ0) is 9.94. The van der Waals surface area contributed by atoms with Crippen LogP contribution in [-0.2, 0) is 9.47 Å². The number of unbranched alkanes of at least 4 members (excludes halogenated alkanes) is 2. The molecule has 0 aliphatic heterocycles. The summed E-state index contributed by atoms with van der Waals surface area (Å²) >= 11 is 0. The number of hydrogen-bond acceptors (Lipinski definition) is 2. The summed E-state index contributed by atoms with van der Waals surface area (Å²) in [4.78, 5) is 0. The summed E-state index contributed by atoms with van der Waals surface area (Å²) in [5.41, 5.74) is 0. The monoisotopic (exact) mass is 186 g/mol. The van der Waals surface area contributed by atoms with Crippen LogP contribution in [0.1, 0.15) is 40.0 Å². The van der Waals surface area contributed by atoms with Gasteiger partial charge in [0.1, 0.15) is 0 Å². The van der Waals surface area contributed by atoms with Gasteiger partial charge in [0.2, 0.25) is 0 Å². The molecule has 0 aromatic carbocycles.